The Morgan fingerprint density at radius 1 is 1.58 bits per heavy atom. The molecule has 0 aromatic carbocycles. The van der Waals surface area contributed by atoms with Gasteiger partial charge in [-0.25, -0.2) is 4.98 Å². The minimum absolute atomic E-state index is 0.00684. The molecule has 0 spiro atoms. The summed E-state index contributed by atoms with van der Waals surface area (Å²) in [5.41, 5.74) is 1.34. The van der Waals surface area contributed by atoms with Crippen molar-refractivity contribution in [3.63, 3.8) is 0 Å². The van der Waals surface area contributed by atoms with Gasteiger partial charge in [-0.1, -0.05) is 6.07 Å². The zero-order valence-corrected chi connectivity index (χ0v) is 11.3. The topological polar surface area (TPSA) is 69.0 Å². The maximum atomic E-state index is 11.7. The van der Waals surface area contributed by atoms with Crippen LogP contribution in [0, 0.1) is 24.2 Å². The number of anilines is 1. The molecule has 0 bridgehead atoms. The summed E-state index contributed by atoms with van der Waals surface area (Å²) in [6.07, 6.45) is 1.88. The van der Waals surface area contributed by atoms with Crippen molar-refractivity contribution in [1.82, 2.24) is 10.3 Å². The Labute approximate surface area is 113 Å². The zero-order chi connectivity index (χ0) is 13.8. The molecule has 100 valence electrons. The van der Waals surface area contributed by atoms with E-state index in [1.54, 1.807) is 7.05 Å². The minimum atomic E-state index is 0.00684. The smallest absolute Gasteiger partial charge is 0.224 e. The molecule has 1 aromatic heterocycles. The Morgan fingerprint density at radius 3 is 3.05 bits per heavy atom. The number of carbonyl (C=O) groups excluding carboxylic acids is 1. The molecule has 1 aromatic rings. The number of pyridine rings is 1. The second kappa shape index (κ2) is 5.70. The van der Waals surface area contributed by atoms with E-state index in [0.29, 0.717) is 12.2 Å². The van der Waals surface area contributed by atoms with Gasteiger partial charge in [-0.2, -0.15) is 5.26 Å². The number of rotatable bonds is 2. The lowest BCUT2D eigenvalue weighted by atomic mass is 9.97. The highest BCUT2D eigenvalue weighted by atomic mass is 16.1. The van der Waals surface area contributed by atoms with Gasteiger partial charge in [0.15, 0.2) is 0 Å². The molecule has 1 fully saturated rings. The van der Waals surface area contributed by atoms with Gasteiger partial charge in [-0.15, -0.1) is 0 Å². The van der Waals surface area contributed by atoms with Gasteiger partial charge in [-0.3, -0.25) is 4.79 Å². The van der Waals surface area contributed by atoms with Gasteiger partial charge < -0.3 is 10.2 Å². The molecule has 1 atom stereocenters. The first-order valence-corrected chi connectivity index (χ1v) is 6.50. The second-order valence-electron chi connectivity index (χ2n) is 4.85. The number of aromatic nitrogens is 1. The molecule has 2 rings (SSSR count). The number of nitrogens with zero attached hydrogens (tertiary/aromatic N) is 3. The average Bonchev–Trinajstić information content (AvgIpc) is 2.47. The number of nitriles is 1. The molecule has 0 saturated carbocycles. The van der Waals surface area contributed by atoms with E-state index < -0.39 is 0 Å². The molecule has 0 aliphatic carbocycles. The molecule has 5 heteroatoms. The first-order chi connectivity index (χ1) is 9.15. The summed E-state index contributed by atoms with van der Waals surface area (Å²) in [5, 5.41) is 11.7. The first-order valence-electron chi connectivity index (χ1n) is 6.50. The molecule has 2 heterocycles. The molecule has 1 unspecified atom stereocenters. The van der Waals surface area contributed by atoms with Crippen molar-refractivity contribution < 1.29 is 4.79 Å². The molecule has 1 aliphatic heterocycles. The number of hydrogen-bond acceptors (Lipinski definition) is 4. The van der Waals surface area contributed by atoms with Crippen molar-refractivity contribution >= 4 is 11.7 Å². The number of piperidine rings is 1. The Balaban J connectivity index is 2.18. The van der Waals surface area contributed by atoms with Gasteiger partial charge in [0, 0.05) is 20.1 Å². The molecular formula is C14H18N4O. The van der Waals surface area contributed by atoms with E-state index in [-0.39, 0.29) is 11.8 Å². The van der Waals surface area contributed by atoms with Crippen molar-refractivity contribution in [3.05, 3.63) is 23.4 Å². The van der Waals surface area contributed by atoms with Gasteiger partial charge in [0.2, 0.25) is 5.91 Å². The van der Waals surface area contributed by atoms with Crippen LogP contribution in [0.3, 0.4) is 0 Å². The Bertz CT molecular complexity index is 521. The van der Waals surface area contributed by atoms with E-state index in [2.05, 4.69) is 21.3 Å². The lowest BCUT2D eigenvalue weighted by Gasteiger charge is -2.32. The van der Waals surface area contributed by atoms with Crippen LogP contribution >= 0.6 is 0 Å². The normalized spacial score (nSPS) is 18.8. The Hall–Kier alpha value is -2.09. The minimum Gasteiger partial charge on any atom is -0.359 e. The monoisotopic (exact) mass is 258 g/mol. The molecular weight excluding hydrogens is 240 g/mol. The quantitative estimate of drug-likeness (QED) is 0.866. The molecule has 1 amide bonds. The van der Waals surface area contributed by atoms with Crippen molar-refractivity contribution in [3.8, 4) is 6.07 Å². The van der Waals surface area contributed by atoms with E-state index >= 15 is 0 Å². The van der Waals surface area contributed by atoms with Gasteiger partial charge in [0.1, 0.15) is 17.6 Å². The SMILES string of the molecule is CNC(=O)C1CCCN(c2ccc(C)c(C#N)n2)C1. The highest BCUT2D eigenvalue weighted by molar-refractivity contribution is 5.79. The van der Waals surface area contributed by atoms with Gasteiger partial charge in [-0.05, 0) is 31.4 Å². The summed E-state index contributed by atoms with van der Waals surface area (Å²) in [6.45, 7) is 3.42. The van der Waals surface area contributed by atoms with Crippen LogP contribution in [0.5, 0.6) is 0 Å². The predicted molar refractivity (Wildman–Crippen MR) is 72.7 cm³/mol. The van der Waals surface area contributed by atoms with Crippen molar-refractivity contribution in [2.45, 2.75) is 19.8 Å². The van der Waals surface area contributed by atoms with Crippen molar-refractivity contribution in [1.29, 1.82) is 5.26 Å². The number of aryl methyl sites for hydroxylation is 1. The molecule has 1 saturated heterocycles. The van der Waals surface area contributed by atoms with Crippen LogP contribution in [0.4, 0.5) is 5.82 Å². The highest BCUT2D eigenvalue weighted by Gasteiger charge is 2.25. The highest BCUT2D eigenvalue weighted by Crippen LogP contribution is 2.22. The van der Waals surface area contributed by atoms with Crippen LogP contribution in [-0.4, -0.2) is 31.0 Å². The van der Waals surface area contributed by atoms with Crippen LogP contribution in [-0.2, 0) is 4.79 Å². The summed E-state index contributed by atoms with van der Waals surface area (Å²) < 4.78 is 0. The van der Waals surface area contributed by atoms with Crippen molar-refractivity contribution in [2.75, 3.05) is 25.0 Å². The van der Waals surface area contributed by atoms with Crippen LogP contribution in [0.1, 0.15) is 24.1 Å². The van der Waals surface area contributed by atoms with Gasteiger partial charge >= 0.3 is 0 Å². The number of amides is 1. The first kappa shape index (κ1) is 13.3. The zero-order valence-electron chi connectivity index (χ0n) is 11.3. The summed E-state index contributed by atoms with van der Waals surface area (Å²) in [7, 11) is 1.67. The van der Waals surface area contributed by atoms with E-state index in [4.69, 9.17) is 5.26 Å². The third kappa shape index (κ3) is 2.84. The molecule has 1 aliphatic rings. The average molecular weight is 258 g/mol. The van der Waals surface area contributed by atoms with Crippen LogP contribution in [0.15, 0.2) is 12.1 Å². The molecule has 1 N–H and O–H groups in total. The predicted octanol–water partition coefficient (Wildman–Crippen LogP) is 1.22. The van der Waals surface area contributed by atoms with E-state index in [1.165, 1.54) is 0 Å². The van der Waals surface area contributed by atoms with E-state index in [1.807, 2.05) is 19.1 Å². The summed E-state index contributed by atoms with van der Waals surface area (Å²) in [4.78, 5) is 18.2. The fraction of sp³-hybridized carbons (Fsp3) is 0.500. The third-order valence-corrected chi connectivity index (χ3v) is 3.55. The Morgan fingerprint density at radius 2 is 2.37 bits per heavy atom. The van der Waals surface area contributed by atoms with Gasteiger partial charge in [0.05, 0.1) is 5.92 Å². The maximum absolute atomic E-state index is 11.7. The van der Waals surface area contributed by atoms with Gasteiger partial charge in [0.25, 0.3) is 0 Å². The number of hydrogen-bond donors (Lipinski definition) is 1. The summed E-state index contributed by atoms with van der Waals surface area (Å²) in [5.74, 6) is 0.875. The summed E-state index contributed by atoms with van der Waals surface area (Å²) in [6, 6.07) is 5.93. The summed E-state index contributed by atoms with van der Waals surface area (Å²) >= 11 is 0. The maximum Gasteiger partial charge on any atom is 0.224 e. The second-order valence-corrected chi connectivity index (χ2v) is 4.85. The van der Waals surface area contributed by atoms with Crippen LogP contribution in [0.2, 0.25) is 0 Å². The lowest BCUT2D eigenvalue weighted by molar-refractivity contribution is -0.124. The standard InChI is InChI=1S/C14H18N4O/c1-10-5-6-13(17-12(10)8-15)18-7-3-4-11(9-18)14(19)16-2/h5-6,11H,3-4,7,9H2,1-2H3,(H,16,19). The van der Waals surface area contributed by atoms with Crippen LogP contribution in [0.25, 0.3) is 0 Å². The Kier molecular flexibility index (Phi) is 4.00. The van der Waals surface area contributed by atoms with E-state index in [0.717, 1.165) is 30.8 Å². The van der Waals surface area contributed by atoms with E-state index in [9.17, 15) is 4.79 Å². The van der Waals surface area contributed by atoms with Crippen LogP contribution < -0.4 is 10.2 Å². The fourth-order valence-electron chi connectivity index (χ4n) is 2.41. The molecule has 19 heavy (non-hydrogen) atoms. The fourth-order valence-corrected chi connectivity index (χ4v) is 2.41. The lowest BCUT2D eigenvalue weighted by Crippen LogP contribution is -2.42. The molecule has 5 nitrogen and oxygen atoms in total. The molecule has 0 radical (unpaired) electrons. The number of nitrogens with one attached hydrogen (secondary N) is 1. The van der Waals surface area contributed by atoms with Crippen molar-refractivity contribution in [2.24, 2.45) is 5.92 Å². The largest absolute Gasteiger partial charge is 0.359 e. The third-order valence-electron chi connectivity index (χ3n) is 3.55. The number of carbonyl (C=O) groups is 1.